The zero-order valence-corrected chi connectivity index (χ0v) is 39.0. The average molecular weight is 909 g/mol. The molecular formula is C67H44N2S. The summed E-state index contributed by atoms with van der Waals surface area (Å²) in [6.45, 7) is 0. The highest BCUT2D eigenvalue weighted by atomic mass is 32.2. The molecule has 328 valence electrons. The molecule has 0 unspecified atom stereocenters. The van der Waals surface area contributed by atoms with Gasteiger partial charge in [-0.3, -0.25) is 0 Å². The summed E-state index contributed by atoms with van der Waals surface area (Å²) in [5, 5.41) is 2.44. The summed E-state index contributed by atoms with van der Waals surface area (Å²) in [7, 11) is 0. The number of para-hydroxylation sites is 1. The van der Waals surface area contributed by atoms with Crippen molar-refractivity contribution in [3.8, 4) is 50.2 Å². The maximum absolute atomic E-state index is 2.47. The van der Waals surface area contributed by atoms with Gasteiger partial charge in [0.25, 0.3) is 0 Å². The van der Waals surface area contributed by atoms with Crippen LogP contribution in [0.1, 0.15) is 22.3 Å². The second-order valence-corrected chi connectivity index (χ2v) is 19.5. The average Bonchev–Trinajstić information content (AvgIpc) is 3.93. The van der Waals surface area contributed by atoms with Crippen molar-refractivity contribution in [2.75, 3.05) is 4.90 Å². The van der Waals surface area contributed by atoms with E-state index < -0.39 is 5.41 Å². The Bertz CT molecular complexity index is 3840. The molecule has 0 atom stereocenters. The first-order valence-corrected chi connectivity index (χ1v) is 24.9. The van der Waals surface area contributed by atoms with Gasteiger partial charge in [0, 0.05) is 43.3 Å². The summed E-state index contributed by atoms with van der Waals surface area (Å²) in [4.78, 5) is 5.01. The zero-order valence-electron chi connectivity index (χ0n) is 38.2. The second-order valence-electron chi connectivity index (χ2n) is 18.4. The summed E-state index contributed by atoms with van der Waals surface area (Å²) < 4.78 is 2.47. The minimum absolute atomic E-state index is 0.485. The van der Waals surface area contributed by atoms with Crippen molar-refractivity contribution in [1.29, 1.82) is 0 Å². The Morgan fingerprint density at radius 1 is 0.314 bits per heavy atom. The number of hydrogen-bond donors (Lipinski definition) is 0. The van der Waals surface area contributed by atoms with Gasteiger partial charge in [-0.15, -0.1) is 0 Å². The molecule has 0 saturated carbocycles. The first-order chi connectivity index (χ1) is 34.7. The lowest BCUT2D eigenvalue weighted by Gasteiger charge is -2.40. The van der Waals surface area contributed by atoms with Gasteiger partial charge < -0.3 is 9.47 Å². The van der Waals surface area contributed by atoms with Gasteiger partial charge in [-0.25, -0.2) is 0 Å². The van der Waals surface area contributed by atoms with E-state index in [0.29, 0.717) is 0 Å². The van der Waals surface area contributed by atoms with Crippen molar-refractivity contribution >= 4 is 50.6 Å². The smallest absolute Gasteiger partial charge is 0.0741 e. The largest absolute Gasteiger partial charge is 0.310 e. The highest BCUT2D eigenvalue weighted by molar-refractivity contribution is 7.99. The molecule has 3 heteroatoms. The first-order valence-electron chi connectivity index (χ1n) is 24.1. The molecule has 14 rings (SSSR count). The van der Waals surface area contributed by atoms with E-state index in [9.17, 15) is 0 Å². The number of nitrogens with zero attached hydrogens (tertiary/aromatic N) is 2. The van der Waals surface area contributed by atoms with E-state index >= 15 is 0 Å². The highest BCUT2D eigenvalue weighted by Gasteiger charge is 2.51. The predicted octanol–water partition coefficient (Wildman–Crippen LogP) is 18.1. The van der Waals surface area contributed by atoms with E-state index in [0.717, 1.165) is 28.3 Å². The molecule has 1 aromatic heterocycles. The third-order valence-corrected chi connectivity index (χ3v) is 15.8. The van der Waals surface area contributed by atoms with Gasteiger partial charge >= 0.3 is 0 Å². The van der Waals surface area contributed by atoms with Crippen molar-refractivity contribution in [2.24, 2.45) is 0 Å². The normalized spacial score (nSPS) is 12.9. The van der Waals surface area contributed by atoms with Gasteiger partial charge in [0.2, 0.25) is 0 Å². The lowest BCUT2D eigenvalue weighted by molar-refractivity contribution is 0.724. The Morgan fingerprint density at radius 3 is 1.47 bits per heavy atom. The van der Waals surface area contributed by atoms with Crippen molar-refractivity contribution in [3.05, 3.63) is 289 Å². The SMILES string of the molecule is c1ccc(-c2ccc(N(c3ccc(-c4ccccc4)cc3)c3ccc4c5ccccc5n(-c5cccc(-c6cccc7c6C6(c8ccccc8Sc8ccccc86)c6ccccc6-7)c5)c4c3)cc2)cc1. The molecule has 0 N–H and O–H groups in total. The Hall–Kier alpha value is -8.63. The number of aromatic nitrogens is 1. The monoisotopic (exact) mass is 908 g/mol. The molecule has 0 saturated heterocycles. The minimum atomic E-state index is -0.485. The maximum Gasteiger partial charge on any atom is 0.0741 e. The molecule has 2 nitrogen and oxygen atoms in total. The van der Waals surface area contributed by atoms with E-state index in [2.05, 4.69) is 276 Å². The number of rotatable bonds is 7. The Labute approximate surface area is 412 Å². The summed E-state index contributed by atoms with van der Waals surface area (Å²) in [6.07, 6.45) is 0. The number of benzene rings is 11. The van der Waals surface area contributed by atoms with Crippen molar-refractivity contribution in [2.45, 2.75) is 15.2 Å². The Balaban J connectivity index is 0.955. The third-order valence-electron chi connectivity index (χ3n) is 14.7. The predicted molar refractivity (Wildman–Crippen MR) is 293 cm³/mol. The second kappa shape index (κ2) is 16.3. The molecule has 0 amide bonds. The molecule has 0 bridgehead atoms. The van der Waals surface area contributed by atoms with Gasteiger partial charge in [-0.05, 0) is 133 Å². The Morgan fingerprint density at radius 2 is 0.800 bits per heavy atom. The fraction of sp³-hybridized carbons (Fsp3) is 0.0149. The molecule has 1 aliphatic heterocycles. The number of hydrogen-bond acceptors (Lipinski definition) is 2. The number of anilines is 3. The van der Waals surface area contributed by atoms with E-state index in [1.54, 1.807) is 0 Å². The van der Waals surface area contributed by atoms with Crippen LogP contribution in [0.15, 0.2) is 277 Å². The van der Waals surface area contributed by atoms with E-state index in [1.807, 2.05) is 11.8 Å². The highest BCUT2D eigenvalue weighted by Crippen LogP contribution is 2.64. The van der Waals surface area contributed by atoms with Crippen LogP contribution in [0.3, 0.4) is 0 Å². The zero-order chi connectivity index (χ0) is 46.2. The molecule has 2 heterocycles. The van der Waals surface area contributed by atoms with Gasteiger partial charge in [0.05, 0.1) is 16.4 Å². The number of fused-ring (bicyclic) bond motifs is 12. The van der Waals surface area contributed by atoms with Crippen molar-refractivity contribution in [3.63, 3.8) is 0 Å². The standard InChI is InChI=1S/C67H44N2S/c1-3-17-45(18-4-1)47-33-37-50(38-34-47)68(51-39-35-48(36-40-51)46-19-5-2-6-20-46)53-41-42-57-56-24-8-12-30-62(56)69(63(57)44-53)52-22-15-21-49(43-52)54-25-16-26-58-55-23-7-9-27-59(55)67(66(54)58)60-28-10-13-31-64(60)70-65-32-14-11-29-61(65)67/h1-44H. The molecule has 11 aromatic carbocycles. The van der Waals surface area contributed by atoms with Crippen LogP contribution < -0.4 is 4.90 Å². The van der Waals surface area contributed by atoms with Crippen LogP contribution in [0.4, 0.5) is 17.1 Å². The molecule has 1 aliphatic carbocycles. The van der Waals surface area contributed by atoms with Gasteiger partial charge in [0.15, 0.2) is 0 Å². The third kappa shape index (κ3) is 6.22. The van der Waals surface area contributed by atoms with Gasteiger partial charge in [0.1, 0.15) is 0 Å². The summed E-state index contributed by atoms with van der Waals surface area (Å²) in [5.74, 6) is 0. The molecule has 1 spiro atoms. The van der Waals surface area contributed by atoms with E-state index in [1.165, 1.54) is 92.8 Å². The molecule has 0 fully saturated rings. The lowest BCUT2D eigenvalue weighted by atomic mass is 9.66. The first kappa shape index (κ1) is 40.4. The molecular weight excluding hydrogens is 865 g/mol. The minimum Gasteiger partial charge on any atom is -0.310 e. The fourth-order valence-electron chi connectivity index (χ4n) is 11.7. The molecule has 70 heavy (non-hydrogen) atoms. The summed E-state index contributed by atoms with van der Waals surface area (Å²) in [5.41, 5.74) is 21.4. The van der Waals surface area contributed by atoms with Crippen LogP contribution in [-0.4, -0.2) is 4.57 Å². The quantitative estimate of drug-likeness (QED) is 0.157. The maximum atomic E-state index is 2.47. The van der Waals surface area contributed by atoms with Gasteiger partial charge in [-0.1, -0.05) is 212 Å². The fourth-order valence-corrected chi connectivity index (χ4v) is 12.9. The van der Waals surface area contributed by atoms with Crippen LogP contribution >= 0.6 is 11.8 Å². The van der Waals surface area contributed by atoms with Crippen molar-refractivity contribution in [1.82, 2.24) is 4.57 Å². The van der Waals surface area contributed by atoms with Crippen LogP contribution in [0.2, 0.25) is 0 Å². The van der Waals surface area contributed by atoms with Crippen LogP contribution in [0.5, 0.6) is 0 Å². The lowest BCUT2D eigenvalue weighted by Crippen LogP contribution is -2.32. The molecule has 12 aromatic rings. The molecule has 2 aliphatic rings. The van der Waals surface area contributed by atoms with Crippen LogP contribution in [0, 0.1) is 0 Å². The van der Waals surface area contributed by atoms with Crippen molar-refractivity contribution < 1.29 is 0 Å². The topological polar surface area (TPSA) is 8.17 Å². The van der Waals surface area contributed by atoms with Gasteiger partial charge in [-0.2, -0.15) is 0 Å². The summed E-state index contributed by atoms with van der Waals surface area (Å²) >= 11 is 1.89. The molecule has 0 radical (unpaired) electrons. The van der Waals surface area contributed by atoms with E-state index in [-0.39, 0.29) is 0 Å². The Kier molecular flexibility index (Phi) is 9.40. The van der Waals surface area contributed by atoms with Crippen LogP contribution in [0.25, 0.3) is 72.0 Å². The van der Waals surface area contributed by atoms with Crippen LogP contribution in [-0.2, 0) is 5.41 Å². The summed E-state index contributed by atoms with van der Waals surface area (Å²) in [6, 6.07) is 98.5. The van der Waals surface area contributed by atoms with E-state index in [4.69, 9.17) is 0 Å².